The summed E-state index contributed by atoms with van der Waals surface area (Å²) in [6, 6.07) is 10.5. The number of carboxylic acids is 1. The number of nitrogens with zero attached hydrogens (tertiary/aromatic N) is 1. The number of alkyl halides is 3. The number of hydrogen-bond acceptors (Lipinski definition) is 5. The van der Waals surface area contributed by atoms with Crippen molar-refractivity contribution < 1.29 is 27.9 Å². The minimum atomic E-state index is -4.40. The van der Waals surface area contributed by atoms with Gasteiger partial charge in [-0.1, -0.05) is 25.1 Å². The van der Waals surface area contributed by atoms with Gasteiger partial charge in [0.15, 0.2) is 5.78 Å². The van der Waals surface area contributed by atoms with Crippen molar-refractivity contribution in [2.24, 2.45) is 0 Å². The third-order valence-electron chi connectivity index (χ3n) is 5.82. The van der Waals surface area contributed by atoms with E-state index in [1.807, 2.05) is 32.0 Å². The number of rotatable bonds is 10. The highest BCUT2D eigenvalue weighted by atomic mass is 32.1. The standard InChI is InChI=1S/C26H27F3N2O3S/c1-4-22-24(31-25(35-22)18-5-9-19(10-6-18)26(27,28)29)16(3)21(32)14-30-20-11-7-17(15(2)13-20)8-12-23(33)34/h5-7,9-11,13,16,30H,4,8,12,14H2,1-3H3,(H,33,34). The molecule has 0 bridgehead atoms. The maximum absolute atomic E-state index is 12.9. The number of carbonyl (C=O) groups is 2. The van der Waals surface area contributed by atoms with Crippen LogP contribution in [0.1, 0.15) is 53.4 Å². The molecule has 1 heterocycles. The van der Waals surface area contributed by atoms with Crippen LogP contribution in [0.5, 0.6) is 0 Å². The van der Waals surface area contributed by atoms with E-state index in [0.29, 0.717) is 29.1 Å². The van der Waals surface area contributed by atoms with Gasteiger partial charge in [-0.3, -0.25) is 9.59 Å². The number of anilines is 1. The summed E-state index contributed by atoms with van der Waals surface area (Å²) in [5, 5.41) is 12.6. The van der Waals surface area contributed by atoms with Crippen molar-refractivity contribution in [3.05, 3.63) is 69.7 Å². The number of Topliss-reactive ketones (excluding diaryl/α,β-unsaturated/α-hetero) is 1. The van der Waals surface area contributed by atoms with E-state index in [1.165, 1.54) is 23.5 Å². The molecule has 9 heteroatoms. The first-order chi connectivity index (χ1) is 16.5. The fourth-order valence-corrected chi connectivity index (χ4v) is 4.81. The second-order valence-corrected chi connectivity index (χ2v) is 9.42. The smallest absolute Gasteiger partial charge is 0.416 e. The predicted molar refractivity (Wildman–Crippen MR) is 131 cm³/mol. The Morgan fingerprint density at radius 2 is 1.83 bits per heavy atom. The van der Waals surface area contributed by atoms with Crippen molar-refractivity contribution >= 4 is 28.8 Å². The molecule has 5 nitrogen and oxygen atoms in total. The van der Waals surface area contributed by atoms with Crippen molar-refractivity contribution in [3.63, 3.8) is 0 Å². The van der Waals surface area contributed by atoms with Gasteiger partial charge in [0.2, 0.25) is 0 Å². The van der Waals surface area contributed by atoms with Crippen LogP contribution in [-0.2, 0) is 28.6 Å². The first-order valence-electron chi connectivity index (χ1n) is 11.2. The summed E-state index contributed by atoms with van der Waals surface area (Å²) in [5.41, 5.74) is 3.18. The van der Waals surface area contributed by atoms with Gasteiger partial charge in [-0.25, -0.2) is 4.98 Å². The zero-order valence-electron chi connectivity index (χ0n) is 19.7. The third-order valence-corrected chi connectivity index (χ3v) is 7.08. The van der Waals surface area contributed by atoms with E-state index in [0.717, 1.165) is 33.8 Å². The minimum absolute atomic E-state index is 0.0587. The lowest BCUT2D eigenvalue weighted by Crippen LogP contribution is -2.20. The number of carbonyl (C=O) groups excluding carboxylic acids is 1. The predicted octanol–water partition coefficient (Wildman–Crippen LogP) is 6.50. The molecule has 0 radical (unpaired) electrons. The van der Waals surface area contributed by atoms with Gasteiger partial charge in [-0.05, 0) is 62.1 Å². The quantitative estimate of drug-likeness (QED) is 0.329. The zero-order chi connectivity index (χ0) is 25.8. The summed E-state index contributed by atoms with van der Waals surface area (Å²) >= 11 is 1.39. The fraction of sp³-hybridized carbons (Fsp3) is 0.346. The number of benzene rings is 2. The zero-order valence-corrected chi connectivity index (χ0v) is 20.5. The Labute approximate surface area is 206 Å². The van der Waals surface area contributed by atoms with Crippen molar-refractivity contribution in [1.29, 1.82) is 0 Å². The maximum Gasteiger partial charge on any atom is 0.416 e. The molecule has 0 saturated heterocycles. The minimum Gasteiger partial charge on any atom is -0.481 e. The molecule has 0 amide bonds. The molecular weight excluding hydrogens is 477 g/mol. The largest absolute Gasteiger partial charge is 0.481 e. The molecule has 2 aromatic carbocycles. The molecule has 0 aliphatic carbocycles. The maximum atomic E-state index is 12.9. The number of halogens is 3. The monoisotopic (exact) mass is 504 g/mol. The van der Waals surface area contributed by atoms with Crippen LogP contribution in [0.25, 0.3) is 10.6 Å². The Balaban J connectivity index is 1.69. The van der Waals surface area contributed by atoms with Crippen molar-refractivity contribution in [2.75, 3.05) is 11.9 Å². The van der Waals surface area contributed by atoms with E-state index < -0.39 is 23.6 Å². The average Bonchev–Trinajstić information content (AvgIpc) is 3.25. The number of carboxylic acid groups (broad SMARTS) is 1. The van der Waals surface area contributed by atoms with E-state index in [4.69, 9.17) is 5.11 Å². The van der Waals surface area contributed by atoms with Crippen LogP contribution >= 0.6 is 11.3 Å². The van der Waals surface area contributed by atoms with Crippen LogP contribution in [0.15, 0.2) is 42.5 Å². The Morgan fingerprint density at radius 1 is 1.14 bits per heavy atom. The molecule has 0 fully saturated rings. The Kier molecular flexibility index (Phi) is 8.32. The number of aryl methyl sites for hydroxylation is 3. The molecule has 0 saturated carbocycles. The van der Waals surface area contributed by atoms with E-state index in [9.17, 15) is 22.8 Å². The molecule has 1 atom stereocenters. The van der Waals surface area contributed by atoms with Crippen LogP contribution in [0.2, 0.25) is 0 Å². The van der Waals surface area contributed by atoms with Crippen LogP contribution in [0.4, 0.5) is 18.9 Å². The molecule has 0 aliphatic rings. The first kappa shape index (κ1) is 26.4. The van der Waals surface area contributed by atoms with E-state index in [-0.39, 0.29) is 18.7 Å². The van der Waals surface area contributed by atoms with Gasteiger partial charge in [-0.15, -0.1) is 11.3 Å². The van der Waals surface area contributed by atoms with Gasteiger partial charge in [0.25, 0.3) is 0 Å². The molecule has 3 aromatic rings. The first-order valence-corrected chi connectivity index (χ1v) is 12.1. The second kappa shape index (κ2) is 11.0. The summed E-state index contributed by atoms with van der Waals surface area (Å²) in [6.07, 6.45) is -3.23. The third kappa shape index (κ3) is 6.69. The number of aliphatic carboxylic acids is 1. The van der Waals surface area contributed by atoms with Crippen LogP contribution in [-0.4, -0.2) is 28.4 Å². The van der Waals surface area contributed by atoms with Gasteiger partial charge in [0.05, 0.1) is 23.7 Å². The SMILES string of the molecule is CCc1sc(-c2ccc(C(F)(F)F)cc2)nc1C(C)C(=O)CNc1ccc(CCC(=O)O)c(C)c1. The van der Waals surface area contributed by atoms with E-state index in [1.54, 1.807) is 6.92 Å². The fourth-order valence-electron chi connectivity index (χ4n) is 3.70. The highest BCUT2D eigenvalue weighted by Gasteiger charge is 2.30. The summed E-state index contributed by atoms with van der Waals surface area (Å²) in [7, 11) is 0. The van der Waals surface area contributed by atoms with Gasteiger partial charge in [0, 0.05) is 22.5 Å². The molecule has 0 aliphatic heterocycles. The molecule has 1 unspecified atom stereocenters. The molecule has 35 heavy (non-hydrogen) atoms. The van der Waals surface area contributed by atoms with Crippen LogP contribution in [0, 0.1) is 6.92 Å². The summed E-state index contributed by atoms with van der Waals surface area (Å²) in [5.74, 6) is -1.38. The lowest BCUT2D eigenvalue weighted by Gasteiger charge is -2.13. The van der Waals surface area contributed by atoms with Crippen molar-refractivity contribution in [1.82, 2.24) is 4.98 Å². The molecular formula is C26H27F3N2O3S. The second-order valence-electron chi connectivity index (χ2n) is 8.33. The highest BCUT2D eigenvalue weighted by molar-refractivity contribution is 7.15. The Morgan fingerprint density at radius 3 is 2.40 bits per heavy atom. The molecule has 0 spiro atoms. The lowest BCUT2D eigenvalue weighted by atomic mass is 10.00. The van der Waals surface area contributed by atoms with Crippen LogP contribution in [0.3, 0.4) is 0 Å². The topological polar surface area (TPSA) is 79.3 Å². The molecule has 1 aromatic heterocycles. The summed E-state index contributed by atoms with van der Waals surface area (Å²) in [6.45, 7) is 5.73. The number of aromatic nitrogens is 1. The summed E-state index contributed by atoms with van der Waals surface area (Å²) in [4.78, 5) is 29.3. The number of hydrogen-bond donors (Lipinski definition) is 2. The number of nitrogens with one attached hydrogen (secondary N) is 1. The van der Waals surface area contributed by atoms with Gasteiger partial charge in [-0.2, -0.15) is 13.2 Å². The van der Waals surface area contributed by atoms with Gasteiger partial charge in [0.1, 0.15) is 5.01 Å². The number of ketones is 1. The summed E-state index contributed by atoms with van der Waals surface area (Å²) < 4.78 is 38.6. The molecule has 186 valence electrons. The lowest BCUT2D eigenvalue weighted by molar-refractivity contribution is -0.138. The number of thiazole rings is 1. The van der Waals surface area contributed by atoms with E-state index in [2.05, 4.69) is 10.3 Å². The average molecular weight is 505 g/mol. The normalized spacial score (nSPS) is 12.4. The highest BCUT2D eigenvalue weighted by Crippen LogP contribution is 2.35. The van der Waals surface area contributed by atoms with Crippen LogP contribution < -0.4 is 5.32 Å². The van der Waals surface area contributed by atoms with Crippen molar-refractivity contribution in [2.45, 2.75) is 52.1 Å². The van der Waals surface area contributed by atoms with Gasteiger partial charge >= 0.3 is 12.1 Å². The Hall–Kier alpha value is -3.20. The van der Waals surface area contributed by atoms with Gasteiger partial charge < -0.3 is 10.4 Å². The van der Waals surface area contributed by atoms with Crippen molar-refractivity contribution in [3.8, 4) is 10.6 Å². The Bertz CT molecular complexity index is 1200. The molecule has 2 N–H and O–H groups in total. The van der Waals surface area contributed by atoms with E-state index >= 15 is 0 Å². The molecule has 3 rings (SSSR count).